The maximum absolute atomic E-state index is 11.9. The molecule has 0 radical (unpaired) electrons. The monoisotopic (exact) mass is 598 g/mol. The third-order valence-electron chi connectivity index (χ3n) is 6.05. The second-order valence-electron chi connectivity index (χ2n) is 8.30. The zero-order chi connectivity index (χ0) is 30.4. The third-order valence-corrected chi connectivity index (χ3v) is 12.6. The summed E-state index contributed by atoms with van der Waals surface area (Å²) in [4.78, 5) is 28.9. The molecule has 40 heavy (non-hydrogen) atoms. The number of carbonyl (C=O) groups is 2. The Labute approximate surface area is 238 Å². The van der Waals surface area contributed by atoms with Crippen LogP contribution in [-0.4, -0.2) is 99.1 Å². The smallest absolute Gasteiger partial charge is 0.457 e. The molecule has 15 heteroatoms. The van der Waals surface area contributed by atoms with Crippen molar-refractivity contribution in [3.8, 4) is 0 Å². The number of hydrogen-bond acceptors (Lipinski definition) is 9. The molecule has 1 rings (SSSR count). The molecule has 0 amide bonds. The summed E-state index contributed by atoms with van der Waals surface area (Å²) in [6, 6.07) is 10.9. The average Bonchev–Trinajstić information content (AvgIpc) is 3.00. The van der Waals surface area contributed by atoms with Gasteiger partial charge in [-0.2, -0.15) is 9.58 Å². The highest BCUT2D eigenvalue weighted by molar-refractivity contribution is 6.67. The summed E-state index contributed by atoms with van der Waals surface area (Å²) in [7, 11) is 3.28. The van der Waals surface area contributed by atoms with Crippen LogP contribution in [0.1, 0.15) is 38.7 Å². The number of hydrogen-bond donors (Lipinski definition) is 0. The van der Waals surface area contributed by atoms with Crippen LogP contribution < -0.4 is 0 Å². The Morgan fingerprint density at radius 2 is 1.30 bits per heavy atom. The molecular weight excluding hydrogens is 556 g/mol. The number of ether oxygens (including phenoxy) is 2. The molecule has 13 nitrogen and oxygen atoms in total. The molecule has 0 spiro atoms. The summed E-state index contributed by atoms with van der Waals surface area (Å²) in [5.74, 6) is -1.27. The first-order valence-electron chi connectivity index (χ1n) is 12.7. The highest BCUT2D eigenvalue weighted by Gasteiger charge is 2.37. The van der Waals surface area contributed by atoms with Crippen molar-refractivity contribution in [2.75, 3.05) is 48.8 Å². The lowest BCUT2D eigenvalue weighted by Gasteiger charge is -2.25. The van der Waals surface area contributed by atoms with Crippen molar-refractivity contribution in [3.63, 3.8) is 0 Å². The summed E-state index contributed by atoms with van der Waals surface area (Å²) >= 11 is 0. The zero-order valence-corrected chi connectivity index (χ0v) is 26.5. The van der Waals surface area contributed by atoms with Gasteiger partial charge in [-0.1, -0.05) is 25.1 Å². The minimum atomic E-state index is -2.53. The molecule has 1 aromatic carbocycles. The number of rotatable bonds is 18. The van der Waals surface area contributed by atoms with Crippen LogP contribution in [0.2, 0.25) is 18.1 Å². The molecule has 0 atom stereocenters. The molecule has 0 aromatic heterocycles. The van der Waals surface area contributed by atoms with Gasteiger partial charge in [0, 0.05) is 48.5 Å². The maximum atomic E-state index is 11.9. The molecule has 0 fully saturated rings. The van der Waals surface area contributed by atoms with E-state index >= 15 is 0 Å². The first-order valence-corrected chi connectivity index (χ1v) is 16.9. The van der Waals surface area contributed by atoms with Gasteiger partial charge < -0.3 is 42.7 Å². The normalized spacial score (nSPS) is 10.9. The molecule has 0 heterocycles. The number of esters is 2. The lowest BCUT2D eigenvalue weighted by Crippen LogP contribution is -2.42. The summed E-state index contributed by atoms with van der Waals surface area (Å²) in [6.45, 7) is 3.89. The minimum Gasteiger partial charge on any atom is -0.457 e. The lowest BCUT2D eigenvalue weighted by molar-refractivity contribution is -0.140. The van der Waals surface area contributed by atoms with Crippen molar-refractivity contribution in [1.29, 1.82) is 0 Å². The van der Waals surface area contributed by atoms with Crippen molar-refractivity contribution in [3.05, 3.63) is 47.0 Å². The maximum Gasteiger partial charge on any atom is 0.500 e. The highest BCUT2D eigenvalue weighted by atomic mass is 28.4. The van der Waals surface area contributed by atoms with Crippen LogP contribution in [0.3, 0.4) is 0 Å². The molecule has 224 valence electrons. The van der Waals surface area contributed by atoms with Gasteiger partial charge in [-0.25, -0.2) is 9.59 Å². The fraction of sp³-hybridized carbons (Fsp3) is 0.600. The van der Waals surface area contributed by atoms with E-state index in [1.54, 1.807) is 59.8 Å². The van der Waals surface area contributed by atoms with Crippen molar-refractivity contribution < 1.29 is 50.8 Å². The van der Waals surface area contributed by atoms with E-state index in [2.05, 4.69) is 9.58 Å². The predicted molar refractivity (Wildman–Crippen MR) is 151 cm³/mol. The summed E-state index contributed by atoms with van der Waals surface area (Å²) < 4.78 is 36.8. The molecule has 0 aliphatic rings. The van der Waals surface area contributed by atoms with E-state index in [0.717, 1.165) is 18.5 Å². The van der Waals surface area contributed by atoms with Gasteiger partial charge in [0.05, 0.1) is 18.8 Å². The third kappa shape index (κ3) is 13.0. The summed E-state index contributed by atoms with van der Waals surface area (Å²) in [5.41, 5.74) is 17.7. The van der Waals surface area contributed by atoms with Gasteiger partial charge in [-0.05, 0) is 43.5 Å². The summed E-state index contributed by atoms with van der Waals surface area (Å²) in [6.07, 6.45) is 2.06. The Kier molecular flexibility index (Phi) is 19.5. The molecule has 0 unspecified atom stereocenters. The first-order chi connectivity index (χ1) is 19.2. The summed E-state index contributed by atoms with van der Waals surface area (Å²) in [5, 5.41) is 0. The number of benzene rings is 1. The van der Waals surface area contributed by atoms with Crippen molar-refractivity contribution in [2.24, 2.45) is 0 Å². The van der Waals surface area contributed by atoms with E-state index in [-0.39, 0.29) is 24.6 Å². The number of carbonyl (C=O) groups excluding carboxylic acids is 2. The van der Waals surface area contributed by atoms with Crippen LogP contribution in [-0.2, 0) is 41.2 Å². The zero-order valence-electron chi connectivity index (χ0n) is 24.5. The van der Waals surface area contributed by atoms with Crippen LogP contribution in [0.5, 0.6) is 0 Å². The van der Waals surface area contributed by atoms with E-state index < -0.39 is 29.3 Å². The van der Waals surface area contributed by atoms with Gasteiger partial charge in [-0.15, -0.1) is 0 Å². The standard InChI is InChI=1S/C15H22N2O4Si.C10H20N2O5Si/c1-4-22(19-2,20-3)12-8-11-21-15(18)14(17-16)13-9-6-5-7-10-13;1-9(12-11)10(13)17-7-5-6-8-18(14-2,15-3)16-4/h5-7,9-10H,4,8,11-12H2,1-3H3;5-8H2,1-4H3. The second kappa shape index (κ2) is 21.0. The van der Waals surface area contributed by atoms with Crippen molar-refractivity contribution in [1.82, 2.24) is 0 Å². The molecule has 0 bridgehead atoms. The predicted octanol–water partition coefficient (Wildman–Crippen LogP) is 3.27. The van der Waals surface area contributed by atoms with Gasteiger partial charge in [0.1, 0.15) is 0 Å². The van der Waals surface area contributed by atoms with Gasteiger partial charge in [0.2, 0.25) is 0 Å². The molecular formula is C25H42N4O9Si2. The quantitative estimate of drug-likeness (QED) is 0.0614. The Hall–Kier alpha value is -2.85. The molecule has 0 N–H and O–H groups in total. The Morgan fingerprint density at radius 1 is 0.750 bits per heavy atom. The van der Waals surface area contributed by atoms with E-state index in [1.165, 1.54) is 6.92 Å². The van der Waals surface area contributed by atoms with E-state index in [1.807, 2.05) is 13.0 Å². The Morgan fingerprint density at radius 3 is 1.77 bits per heavy atom. The van der Waals surface area contributed by atoms with Gasteiger partial charge in [0.15, 0.2) is 0 Å². The SMILES string of the molecule is CC[Si](CCCOC(=O)C(=[N+]=[N-])c1ccccc1)(OC)OC.CO[Si](CCCCOC(=O)C(C)=[N+]=[N-])(OC)OC. The van der Waals surface area contributed by atoms with E-state index in [4.69, 9.17) is 42.7 Å². The van der Waals surface area contributed by atoms with Crippen LogP contribution in [0.4, 0.5) is 0 Å². The number of unbranched alkanes of at least 4 members (excludes halogenated alkanes) is 1. The van der Waals surface area contributed by atoms with Crippen molar-refractivity contribution in [2.45, 2.75) is 51.2 Å². The molecule has 1 aromatic rings. The second-order valence-corrected chi connectivity index (χ2v) is 15.2. The van der Waals surface area contributed by atoms with Crippen LogP contribution in [0.15, 0.2) is 30.3 Å². The van der Waals surface area contributed by atoms with E-state index in [9.17, 15) is 9.59 Å². The topological polar surface area (TPSA) is 172 Å². The fourth-order valence-corrected chi connectivity index (χ4v) is 7.43. The van der Waals surface area contributed by atoms with Gasteiger partial charge >= 0.3 is 40.7 Å². The molecule has 0 saturated heterocycles. The largest absolute Gasteiger partial charge is 0.500 e. The highest BCUT2D eigenvalue weighted by Crippen LogP contribution is 2.19. The van der Waals surface area contributed by atoms with Gasteiger partial charge in [-0.3, -0.25) is 0 Å². The Bertz CT molecular complexity index is 977. The van der Waals surface area contributed by atoms with Crippen molar-refractivity contribution >= 4 is 40.7 Å². The lowest BCUT2D eigenvalue weighted by atomic mass is 10.1. The van der Waals surface area contributed by atoms with Crippen LogP contribution in [0, 0.1) is 0 Å². The molecule has 0 saturated carbocycles. The minimum absolute atomic E-state index is 0.0654. The average molecular weight is 599 g/mol. The number of nitrogens with zero attached hydrogens (tertiary/aromatic N) is 4. The van der Waals surface area contributed by atoms with Crippen LogP contribution >= 0.6 is 0 Å². The van der Waals surface area contributed by atoms with Gasteiger partial charge in [0.25, 0.3) is 0 Å². The molecule has 0 aliphatic carbocycles. The molecule has 0 aliphatic heterocycles. The fourth-order valence-electron chi connectivity index (χ4n) is 3.45. The Balaban J connectivity index is 0.000000778. The van der Waals surface area contributed by atoms with E-state index in [0.29, 0.717) is 24.4 Å². The first kappa shape index (κ1) is 37.2. The van der Waals surface area contributed by atoms with Crippen LogP contribution in [0.25, 0.3) is 11.1 Å².